The third-order valence-electron chi connectivity index (χ3n) is 3.55. The highest BCUT2D eigenvalue weighted by Gasteiger charge is 2.25. The molecule has 6 nitrogen and oxygen atoms in total. The molecule has 0 spiro atoms. The van der Waals surface area contributed by atoms with Gasteiger partial charge in [-0.15, -0.1) is 5.10 Å². The highest BCUT2D eigenvalue weighted by molar-refractivity contribution is 5.71. The number of halogens is 1. The molecule has 2 heterocycles. The minimum Gasteiger partial charge on any atom is -0.398 e. The normalized spacial score (nSPS) is 22.9. The van der Waals surface area contributed by atoms with Crippen LogP contribution in [0.2, 0.25) is 0 Å². The Bertz CT molecular complexity index is 615. The summed E-state index contributed by atoms with van der Waals surface area (Å²) in [6, 6.07) is 4.35. The summed E-state index contributed by atoms with van der Waals surface area (Å²) in [6.07, 6.45) is 1.82. The van der Waals surface area contributed by atoms with Gasteiger partial charge in [0.05, 0.1) is 12.1 Å². The number of nitrogens with two attached hydrogens (primary N) is 1. The number of aromatic nitrogens is 4. The average molecular weight is 277 g/mol. The standard InChI is InChI=1S/C13H16FN5O/c1-8-6-10(4-5-20-8)19-13(16-17-18-19)11-7-9(14)2-3-12(11)15/h2-3,7-8,10H,4-6,15H2,1H3. The first-order valence-electron chi connectivity index (χ1n) is 6.60. The molecule has 1 aromatic carbocycles. The summed E-state index contributed by atoms with van der Waals surface area (Å²) in [5, 5.41) is 11.8. The maximum Gasteiger partial charge on any atom is 0.184 e. The molecule has 1 aliphatic rings. The van der Waals surface area contributed by atoms with E-state index in [1.54, 1.807) is 4.68 Å². The quantitative estimate of drug-likeness (QED) is 0.847. The Morgan fingerprint density at radius 2 is 2.30 bits per heavy atom. The van der Waals surface area contributed by atoms with Gasteiger partial charge in [-0.2, -0.15) is 0 Å². The largest absolute Gasteiger partial charge is 0.398 e. The van der Waals surface area contributed by atoms with Crippen LogP contribution in [-0.2, 0) is 4.74 Å². The Kier molecular flexibility index (Phi) is 3.35. The Balaban J connectivity index is 1.99. The van der Waals surface area contributed by atoms with Crippen LogP contribution in [0.1, 0.15) is 25.8 Å². The maximum absolute atomic E-state index is 13.4. The number of benzene rings is 1. The predicted molar refractivity (Wildman–Crippen MR) is 71.3 cm³/mol. The van der Waals surface area contributed by atoms with Crippen molar-refractivity contribution in [3.63, 3.8) is 0 Å². The third kappa shape index (κ3) is 2.36. The van der Waals surface area contributed by atoms with Gasteiger partial charge in [-0.1, -0.05) is 0 Å². The minimum atomic E-state index is -0.357. The molecule has 0 bridgehead atoms. The van der Waals surface area contributed by atoms with Crippen molar-refractivity contribution < 1.29 is 9.13 Å². The Labute approximate surface area is 115 Å². The van der Waals surface area contributed by atoms with Crippen molar-refractivity contribution >= 4 is 5.69 Å². The first kappa shape index (κ1) is 13.0. The molecule has 0 aliphatic carbocycles. The van der Waals surface area contributed by atoms with Gasteiger partial charge in [0.1, 0.15) is 5.82 Å². The lowest BCUT2D eigenvalue weighted by molar-refractivity contribution is 0.00350. The second-order valence-corrected chi connectivity index (χ2v) is 5.04. The number of anilines is 1. The lowest BCUT2D eigenvalue weighted by atomic mass is 10.0. The van der Waals surface area contributed by atoms with Crippen molar-refractivity contribution in [3.05, 3.63) is 24.0 Å². The molecule has 20 heavy (non-hydrogen) atoms. The van der Waals surface area contributed by atoms with Crippen LogP contribution in [0.3, 0.4) is 0 Å². The van der Waals surface area contributed by atoms with Gasteiger partial charge in [-0.25, -0.2) is 9.07 Å². The first-order valence-corrected chi connectivity index (χ1v) is 6.60. The van der Waals surface area contributed by atoms with E-state index in [9.17, 15) is 4.39 Å². The predicted octanol–water partition coefficient (Wildman–Crippen LogP) is 1.80. The smallest absolute Gasteiger partial charge is 0.184 e. The van der Waals surface area contributed by atoms with E-state index in [4.69, 9.17) is 10.5 Å². The summed E-state index contributed by atoms with van der Waals surface area (Å²) in [6.45, 7) is 2.69. The molecule has 7 heteroatoms. The van der Waals surface area contributed by atoms with Crippen LogP contribution < -0.4 is 5.73 Å². The Hall–Kier alpha value is -2.02. The zero-order valence-corrected chi connectivity index (χ0v) is 11.2. The average Bonchev–Trinajstić information content (AvgIpc) is 2.90. The van der Waals surface area contributed by atoms with Crippen molar-refractivity contribution in [2.45, 2.75) is 31.9 Å². The molecule has 2 unspecified atom stereocenters. The van der Waals surface area contributed by atoms with Crippen LogP contribution in [0, 0.1) is 5.82 Å². The van der Waals surface area contributed by atoms with Gasteiger partial charge < -0.3 is 10.5 Å². The SMILES string of the molecule is CC1CC(n2nnnc2-c2cc(F)ccc2N)CCO1. The molecule has 1 saturated heterocycles. The molecular formula is C13H16FN5O. The first-order chi connectivity index (χ1) is 9.65. The second-order valence-electron chi connectivity index (χ2n) is 5.04. The molecular weight excluding hydrogens is 261 g/mol. The maximum atomic E-state index is 13.4. The monoisotopic (exact) mass is 277 g/mol. The van der Waals surface area contributed by atoms with Crippen LogP contribution in [0.4, 0.5) is 10.1 Å². The van der Waals surface area contributed by atoms with Gasteiger partial charge in [-0.05, 0) is 48.4 Å². The van der Waals surface area contributed by atoms with E-state index in [0.29, 0.717) is 23.7 Å². The van der Waals surface area contributed by atoms with E-state index >= 15 is 0 Å². The molecule has 2 N–H and O–H groups in total. The summed E-state index contributed by atoms with van der Waals surface area (Å²) in [5.41, 5.74) is 6.89. The molecule has 1 aliphatic heterocycles. The van der Waals surface area contributed by atoms with E-state index < -0.39 is 0 Å². The molecule has 0 amide bonds. The third-order valence-corrected chi connectivity index (χ3v) is 3.55. The fraction of sp³-hybridized carbons (Fsp3) is 0.462. The number of nitrogen functional groups attached to an aromatic ring is 1. The second kappa shape index (κ2) is 5.16. The number of hydrogen-bond acceptors (Lipinski definition) is 5. The molecule has 1 fully saturated rings. The number of tetrazole rings is 1. The number of rotatable bonds is 2. The Morgan fingerprint density at radius 1 is 1.45 bits per heavy atom. The molecule has 106 valence electrons. The fourth-order valence-electron chi connectivity index (χ4n) is 2.54. The van der Waals surface area contributed by atoms with E-state index in [-0.39, 0.29) is 18.0 Å². The summed E-state index contributed by atoms with van der Waals surface area (Å²) < 4.78 is 20.7. The van der Waals surface area contributed by atoms with E-state index in [2.05, 4.69) is 15.5 Å². The van der Waals surface area contributed by atoms with Crippen molar-refractivity contribution in [3.8, 4) is 11.4 Å². The fourth-order valence-corrected chi connectivity index (χ4v) is 2.54. The van der Waals surface area contributed by atoms with Crippen molar-refractivity contribution in [1.29, 1.82) is 0 Å². The number of ether oxygens (including phenoxy) is 1. The minimum absolute atomic E-state index is 0.145. The highest BCUT2D eigenvalue weighted by atomic mass is 19.1. The van der Waals surface area contributed by atoms with Crippen molar-refractivity contribution in [1.82, 2.24) is 20.2 Å². The summed E-state index contributed by atoms with van der Waals surface area (Å²) in [4.78, 5) is 0. The van der Waals surface area contributed by atoms with Gasteiger partial charge >= 0.3 is 0 Å². The topological polar surface area (TPSA) is 78.9 Å². The van der Waals surface area contributed by atoms with Gasteiger partial charge in [0, 0.05) is 17.9 Å². The van der Waals surface area contributed by atoms with Crippen molar-refractivity contribution in [2.24, 2.45) is 0 Å². The van der Waals surface area contributed by atoms with Crippen LogP contribution in [0.25, 0.3) is 11.4 Å². The zero-order chi connectivity index (χ0) is 14.1. The lowest BCUT2D eigenvalue weighted by Gasteiger charge is -2.27. The van der Waals surface area contributed by atoms with E-state index in [1.807, 2.05) is 6.92 Å². The summed E-state index contributed by atoms with van der Waals surface area (Å²) in [7, 11) is 0. The molecule has 0 radical (unpaired) electrons. The molecule has 2 atom stereocenters. The molecule has 3 rings (SSSR count). The van der Waals surface area contributed by atoms with Crippen LogP contribution in [0.15, 0.2) is 18.2 Å². The van der Waals surface area contributed by atoms with Gasteiger partial charge in [0.25, 0.3) is 0 Å². The van der Waals surface area contributed by atoms with Gasteiger partial charge in [0.15, 0.2) is 5.82 Å². The van der Waals surface area contributed by atoms with Gasteiger partial charge in [-0.3, -0.25) is 0 Å². The van der Waals surface area contributed by atoms with Crippen LogP contribution in [0.5, 0.6) is 0 Å². The molecule has 0 saturated carbocycles. The summed E-state index contributed by atoms with van der Waals surface area (Å²) in [5.74, 6) is 0.144. The molecule has 2 aromatic rings. The zero-order valence-electron chi connectivity index (χ0n) is 11.2. The molecule has 1 aromatic heterocycles. The number of hydrogen-bond donors (Lipinski definition) is 1. The van der Waals surface area contributed by atoms with Gasteiger partial charge in [0.2, 0.25) is 0 Å². The lowest BCUT2D eigenvalue weighted by Crippen LogP contribution is -2.26. The number of nitrogens with zero attached hydrogens (tertiary/aromatic N) is 4. The summed E-state index contributed by atoms with van der Waals surface area (Å²) >= 11 is 0. The van der Waals surface area contributed by atoms with E-state index in [1.165, 1.54) is 18.2 Å². The van der Waals surface area contributed by atoms with Crippen LogP contribution in [-0.4, -0.2) is 32.9 Å². The van der Waals surface area contributed by atoms with Crippen molar-refractivity contribution in [2.75, 3.05) is 12.3 Å². The Morgan fingerprint density at radius 3 is 3.10 bits per heavy atom. The highest BCUT2D eigenvalue weighted by Crippen LogP contribution is 2.30. The van der Waals surface area contributed by atoms with Crippen LogP contribution >= 0.6 is 0 Å². The van der Waals surface area contributed by atoms with E-state index in [0.717, 1.165) is 12.8 Å².